The predicted molar refractivity (Wildman–Crippen MR) is 107 cm³/mol. The minimum atomic E-state index is -1.07. The Morgan fingerprint density at radius 3 is 2.00 bits per heavy atom. The van der Waals surface area contributed by atoms with E-state index in [0.29, 0.717) is 0 Å². The molecule has 1 aromatic heterocycles. The van der Waals surface area contributed by atoms with Crippen LogP contribution in [0.25, 0.3) is 22.0 Å². The van der Waals surface area contributed by atoms with E-state index in [1.165, 1.54) is 0 Å². The highest BCUT2D eigenvalue weighted by atomic mass is 16.3. The van der Waals surface area contributed by atoms with Crippen molar-refractivity contribution in [1.29, 1.82) is 0 Å². The maximum atomic E-state index is 11.7. The molecule has 4 aromatic rings. The molecule has 1 unspecified atom stereocenters. The molecule has 1 atom stereocenters. The van der Waals surface area contributed by atoms with Crippen LogP contribution in [0.4, 0.5) is 0 Å². The van der Waals surface area contributed by atoms with Crippen molar-refractivity contribution in [2.75, 3.05) is 0 Å². The van der Waals surface area contributed by atoms with Crippen molar-refractivity contribution in [2.45, 2.75) is 12.5 Å². The number of H-pyrrole nitrogens is 1. The molecule has 0 amide bonds. The summed E-state index contributed by atoms with van der Waals surface area (Å²) in [6, 6.07) is 28.7. The second-order valence-corrected chi connectivity index (χ2v) is 6.97. The molecule has 5 rings (SSSR count). The van der Waals surface area contributed by atoms with E-state index in [-0.39, 0.29) is 0 Å². The van der Waals surface area contributed by atoms with Crippen LogP contribution in [0.2, 0.25) is 0 Å². The minimum Gasteiger partial charge on any atom is -0.381 e. The Morgan fingerprint density at radius 2 is 1.31 bits per heavy atom. The highest BCUT2D eigenvalue weighted by Gasteiger charge is 2.43. The molecule has 126 valence electrons. The number of fused-ring (bicyclic) bond motifs is 3. The first kappa shape index (κ1) is 15.2. The number of aromatic nitrogens is 1. The number of hydrogen-bond acceptors (Lipinski definition) is 1. The van der Waals surface area contributed by atoms with E-state index in [4.69, 9.17) is 0 Å². The van der Waals surface area contributed by atoms with Gasteiger partial charge in [0, 0.05) is 27.6 Å². The summed E-state index contributed by atoms with van der Waals surface area (Å²) in [4.78, 5) is 3.56. The van der Waals surface area contributed by atoms with Crippen molar-refractivity contribution < 1.29 is 5.11 Å². The van der Waals surface area contributed by atoms with Crippen molar-refractivity contribution in [3.05, 3.63) is 107 Å². The van der Waals surface area contributed by atoms with Crippen molar-refractivity contribution in [3.8, 4) is 0 Å². The number of rotatable bonds is 2. The summed E-state index contributed by atoms with van der Waals surface area (Å²) >= 11 is 0. The van der Waals surface area contributed by atoms with Crippen LogP contribution >= 0.6 is 0 Å². The van der Waals surface area contributed by atoms with Crippen LogP contribution < -0.4 is 0 Å². The average Bonchev–Trinajstić information content (AvgIpc) is 3.16. The normalized spacial score (nSPS) is 19.2. The summed E-state index contributed by atoms with van der Waals surface area (Å²) in [5.74, 6) is 0. The summed E-state index contributed by atoms with van der Waals surface area (Å²) in [6.07, 6.45) is 0. The van der Waals surface area contributed by atoms with Gasteiger partial charge in [-0.1, -0.05) is 78.9 Å². The van der Waals surface area contributed by atoms with Gasteiger partial charge >= 0.3 is 0 Å². The summed E-state index contributed by atoms with van der Waals surface area (Å²) in [6.45, 7) is 1.91. The lowest BCUT2D eigenvalue weighted by Crippen LogP contribution is -2.20. The van der Waals surface area contributed by atoms with Crippen molar-refractivity contribution >= 4 is 22.0 Å². The second kappa shape index (κ2) is 5.45. The Balaban J connectivity index is 1.91. The minimum absolute atomic E-state index is 0.955. The van der Waals surface area contributed by atoms with E-state index in [2.05, 4.69) is 41.4 Å². The first-order valence-corrected chi connectivity index (χ1v) is 8.87. The SMILES string of the molecule is CC1(O)C(c2ccccc2)=C(c2ccccc2)c2[nH]c3ccccc3c21. The molecule has 0 saturated carbocycles. The van der Waals surface area contributed by atoms with E-state index in [1.807, 2.05) is 55.5 Å². The van der Waals surface area contributed by atoms with Gasteiger partial charge in [0.15, 0.2) is 0 Å². The number of aliphatic hydroxyl groups is 1. The largest absolute Gasteiger partial charge is 0.381 e. The van der Waals surface area contributed by atoms with Gasteiger partial charge in [0.05, 0.1) is 5.69 Å². The lowest BCUT2D eigenvalue weighted by molar-refractivity contribution is 0.127. The molecule has 2 nitrogen and oxygen atoms in total. The second-order valence-electron chi connectivity index (χ2n) is 6.97. The molecule has 0 fully saturated rings. The molecule has 2 heteroatoms. The molecule has 1 heterocycles. The maximum absolute atomic E-state index is 11.7. The van der Waals surface area contributed by atoms with Crippen molar-refractivity contribution in [3.63, 3.8) is 0 Å². The maximum Gasteiger partial charge on any atom is 0.116 e. The van der Waals surface area contributed by atoms with E-state index in [1.54, 1.807) is 0 Å². The molecule has 3 aromatic carbocycles. The Hall–Kier alpha value is -3.10. The molecule has 2 N–H and O–H groups in total. The smallest absolute Gasteiger partial charge is 0.116 e. The van der Waals surface area contributed by atoms with E-state index >= 15 is 0 Å². The molecular formula is C24H19NO. The van der Waals surface area contributed by atoms with E-state index in [0.717, 1.165) is 44.4 Å². The van der Waals surface area contributed by atoms with Gasteiger partial charge < -0.3 is 10.1 Å². The topological polar surface area (TPSA) is 36.0 Å². The molecule has 0 radical (unpaired) electrons. The summed E-state index contributed by atoms with van der Waals surface area (Å²) in [5.41, 5.74) is 6.15. The fraction of sp³-hybridized carbons (Fsp3) is 0.0833. The van der Waals surface area contributed by atoms with Gasteiger partial charge in [-0.05, 0) is 24.1 Å². The Kier molecular flexibility index (Phi) is 3.18. The molecule has 1 aliphatic carbocycles. The Labute approximate surface area is 152 Å². The fourth-order valence-electron chi connectivity index (χ4n) is 4.25. The number of nitrogens with one attached hydrogen (secondary N) is 1. The number of hydrogen-bond donors (Lipinski definition) is 2. The zero-order valence-corrected chi connectivity index (χ0v) is 14.5. The standard InChI is InChI=1S/C24H19NO/c1-24(26)21(17-12-6-3-7-13-17)20(16-10-4-2-5-11-16)23-22(24)18-14-8-9-15-19(18)25-23/h2-15,25-26H,1H3. The summed E-state index contributed by atoms with van der Waals surface area (Å²) in [7, 11) is 0. The number of benzene rings is 3. The number of aromatic amines is 1. The third kappa shape index (κ3) is 2.03. The van der Waals surface area contributed by atoms with Crippen LogP contribution in [-0.4, -0.2) is 10.1 Å². The lowest BCUT2D eigenvalue weighted by atomic mass is 9.86. The molecule has 1 aliphatic rings. The van der Waals surface area contributed by atoms with Gasteiger partial charge in [-0.25, -0.2) is 0 Å². The Bertz CT molecular complexity index is 1130. The van der Waals surface area contributed by atoms with E-state index < -0.39 is 5.60 Å². The zero-order valence-electron chi connectivity index (χ0n) is 14.5. The van der Waals surface area contributed by atoms with Gasteiger partial charge in [-0.3, -0.25) is 0 Å². The molecular weight excluding hydrogens is 318 g/mol. The van der Waals surface area contributed by atoms with Crippen LogP contribution in [0.3, 0.4) is 0 Å². The van der Waals surface area contributed by atoms with Crippen molar-refractivity contribution in [2.24, 2.45) is 0 Å². The first-order valence-electron chi connectivity index (χ1n) is 8.87. The van der Waals surface area contributed by atoms with Crippen molar-refractivity contribution in [1.82, 2.24) is 4.98 Å². The van der Waals surface area contributed by atoms with Crippen LogP contribution in [0.1, 0.15) is 29.3 Å². The summed E-state index contributed by atoms with van der Waals surface area (Å²) < 4.78 is 0. The monoisotopic (exact) mass is 337 g/mol. The third-order valence-electron chi connectivity index (χ3n) is 5.30. The number of para-hydroxylation sites is 1. The quantitative estimate of drug-likeness (QED) is 0.508. The average molecular weight is 337 g/mol. The van der Waals surface area contributed by atoms with Crippen LogP contribution in [-0.2, 0) is 5.60 Å². The van der Waals surface area contributed by atoms with Gasteiger partial charge in [0.1, 0.15) is 5.60 Å². The van der Waals surface area contributed by atoms with Crippen LogP contribution in [0.5, 0.6) is 0 Å². The molecule has 0 bridgehead atoms. The zero-order chi connectivity index (χ0) is 17.7. The Morgan fingerprint density at radius 1 is 0.731 bits per heavy atom. The van der Waals surface area contributed by atoms with Gasteiger partial charge in [0.25, 0.3) is 0 Å². The van der Waals surface area contributed by atoms with Crippen LogP contribution in [0.15, 0.2) is 84.9 Å². The molecule has 0 aliphatic heterocycles. The molecule has 26 heavy (non-hydrogen) atoms. The van der Waals surface area contributed by atoms with Crippen LogP contribution in [0, 0.1) is 0 Å². The first-order chi connectivity index (χ1) is 12.7. The summed E-state index contributed by atoms with van der Waals surface area (Å²) in [5, 5.41) is 12.8. The third-order valence-corrected chi connectivity index (χ3v) is 5.30. The highest BCUT2D eigenvalue weighted by molar-refractivity contribution is 6.10. The fourth-order valence-corrected chi connectivity index (χ4v) is 4.25. The van der Waals surface area contributed by atoms with Gasteiger partial charge in [-0.15, -0.1) is 0 Å². The van der Waals surface area contributed by atoms with Gasteiger partial charge in [-0.2, -0.15) is 0 Å². The lowest BCUT2D eigenvalue weighted by Gasteiger charge is -2.24. The highest BCUT2D eigenvalue weighted by Crippen LogP contribution is 2.53. The van der Waals surface area contributed by atoms with E-state index in [9.17, 15) is 5.11 Å². The van der Waals surface area contributed by atoms with Gasteiger partial charge in [0.2, 0.25) is 0 Å². The molecule has 0 saturated heterocycles. The molecule has 0 spiro atoms. The predicted octanol–water partition coefficient (Wildman–Crippen LogP) is 5.35.